The SMILES string of the molecule is COc1ccc(Cl)cc1NC(=O)Cc1cc(C)[nH]n1. The highest BCUT2D eigenvalue weighted by Gasteiger charge is 2.10. The van der Waals surface area contributed by atoms with Crippen molar-refractivity contribution < 1.29 is 9.53 Å². The van der Waals surface area contributed by atoms with E-state index in [1.807, 2.05) is 13.0 Å². The molecule has 0 aliphatic rings. The van der Waals surface area contributed by atoms with Gasteiger partial charge in [0.2, 0.25) is 5.91 Å². The van der Waals surface area contributed by atoms with Crippen LogP contribution >= 0.6 is 11.6 Å². The lowest BCUT2D eigenvalue weighted by Gasteiger charge is -2.09. The summed E-state index contributed by atoms with van der Waals surface area (Å²) >= 11 is 5.90. The Morgan fingerprint density at radius 1 is 1.47 bits per heavy atom. The lowest BCUT2D eigenvalue weighted by atomic mass is 10.2. The zero-order valence-corrected chi connectivity index (χ0v) is 11.4. The van der Waals surface area contributed by atoms with Crippen LogP contribution in [-0.4, -0.2) is 23.2 Å². The zero-order chi connectivity index (χ0) is 13.8. The molecule has 2 aromatic rings. The molecule has 2 N–H and O–H groups in total. The molecule has 0 atom stereocenters. The number of nitrogens with one attached hydrogen (secondary N) is 2. The minimum atomic E-state index is -0.174. The molecule has 0 saturated carbocycles. The van der Waals surface area contributed by atoms with Crippen LogP contribution < -0.4 is 10.1 Å². The summed E-state index contributed by atoms with van der Waals surface area (Å²) in [5, 5.41) is 10.1. The van der Waals surface area contributed by atoms with Gasteiger partial charge >= 0.3 is 0 Å². The maximum Gasteiger partial charge on any atom is 0.230 e. The Morgan fingerprint density at radius 2 is 2.26 bits per heavy atom. The Bertz CT molecular complexity index is 595. The number of rotatable bonds is 4. The van der Waals surface area contributed by atoms with Crippen LogP contribution in [-0.2, 0) is 11.2 Å². The number of carbonyl (C=O) groups excluding carboxylic acids is 1. The Hall–Kier alpha value is -2.01. The number of aryl methyl sites for hydroxylation is 1. The fourth-order valence-corrected chi connectivity index (χ4v) is 1.87. The van der Waals surface area contributed by atoms with Crippen molar-refractivity contribution in [2.75, 3.05) is 12.4 Å². The summed E-state index contributed by atoms with van der Waals surface area (Å²) in [5.41, 5.74) is 2.16. The molecule has 1 heterocycles. The second kappa shape index (κ2) is 5.75. The molecule has 0 aliphatic heterocycles. The molecular formula is C13H14ClN3O2. The fraction of sp³-hybridized carbons (Fsp3) is 0.231. The van der Waals surface area contributed by atoms with Crippen LogP contribution in [0.1, 0.15) is 11.4 Å². The molecule has 1 aromatic carbocycles. The highest BCUT2D eigenvalue weighted by Crippen LogP contribution is 2.27. The molecule has 19 heavy (non-hydrogen) atoms. The summed E-state index contributed by atoms with van der Waals surface area (Å²) in [6, 6.07) is 6.88. The molecular weight excluding hydrogens is 266 g/mol. The number of aromatic amines is 1. The molecule has 2 rings (SSSR count). The number of halogens is 1. The second-order valence-electron chi connectivity index (χ2n) is 4.11. The maximum atomic E-state index is 11.9. The van der Waals surface area contributed by atoms with Crippen LogP contribution in [0.2, 0.25) is 5.02 Å². The van der Waals surface area contributed by atoms with Crippen molar-refractivity contribution >= 4 is 23.2 Å². The molecule has 1 amide bonds. The molecule has 1 aromatic heterocycles. The summed E-state index contributed by atoms with van der Waals surface area (Å²) in [4.78, 5) is 11.9. The number of carbonyl (C=O) groups is 1. The Kier molecular flexibility index (Phi) is 4.06. The first-order valence-corrected chi connectivity index (χ1v) is 6.10. The van der Waals surface area contributed by atoms with Crippen LogP contribution in [0, 0.1) is 6.92 Å². The van der Waals surface area contributed by atoms with E-state index in [0.717, 1.165) is 5.69 Å². The van der Waals surface area contributed by atoms with E-state index in [0.29, 0.717) is 22.2 Å². The van der Waals surface area contributed by atoms with Gasteiger partial charge in [-0.3, -0.25) is 9.89 Å². The third-order valence-electron chi connectivity index (χ3n) is 2.54. The van der Waals surface area contributed by atoms with E-state index in [9.17, 15) is 4.79 Å². The largest absolute Gasteiger partial charge is 0.495 e. The summed E-state index contributed by atoms with van der Waals surface area (Å²) in [6.45, 7) is 1.88. The van der Waals surface area contributed by atoms with E-state index >= 15 is 0 Å². The van der Waals surface area contributed by atoms with Gasteiger partial charge < -0.3 is 10.1 Å². The van der Waals surface area contributed by atoms with Crippen molar-refractivity contribution in [2.45, 2.75) is 13.3 Å². The van der Waals surface area contributed by atoms with Crippen molar-refractivity contribution in [2.24, 2.45) is 0 Å². The minimum Gasteiger partial charge on any atom is -0.495 e. The number of anilines is 1. The van der Waals surface area contributed by atoms with Crippen LogP contribution in [0.3, 0.4) is 0 Å². The van der Waals surface area contributed by atoms with Gasteiger partial charge in [-0.05, 0) is 31.2 Å². The van der Waals surface area contributed by atoms with Gasteiger partial charge in [0.1, 0.15) is 5.75 Å². The van der Waals surface area contributed by atoms with E-state index in [1.165, 1.54) is 7.11 Å². The topological polar surface area (TPSA) is 67.0 Å². The van der Waals surface area contributed by atoms with Crippen LogP contribution in [0.25, 0.3) is 0 Å². The quantitative estimate of drug-likeness (QED) is 0.904. The van der Waals surface area contributed by atoms with Gasteiger partial charge in [0.15, 0.2) is 0 Å². The average Bonchev–Trinajstić information content (AvgIpc) is 2.75. The second-order valence-corrected chi connectivity index (χ2v) is 4.55. The number of methoxy groups -OCH3 is 1. The van der Waals surface area contributed by atoms with E-state index in [4.69, 9.17) is 16.3 Å². The van der Waals surface area contributed by atoms with E-state index < -0.39 is 0 Å². The van der Waals surface area contributed by atoms with Gasteiger partial charge in [-0.15, -0.1) is 0 Å². The number of hydrogen-bond donors (Lipinski definition) is 2. The molecule has 0 fully saturated rings. The summed E-state index contributed by atoms with van der Waals surface area (Å²) in [7, 11) is 1.54. The fourth-order valence-electron chi connectivity index (χ4n) is 1.70. The number of hydrogen-bond acceptors (Lipinski definition) is 3. The molecule has 0 aliphatic carbocycles. The third kappa shape index (κ3) is 3.48. The van der Waals surface area contributed by atoms with Crippen molar-refractivity contribution in [1.29, 1.82) is 0 Å². The van der Waals surface area contributed by atoms with E-state index in [1.54, 1.807) is 18.2 Å². The zero-order valence-electron chi connectivity index (χ0n) is 10.7. The molecule has 0 saturated heterocycles. The first kappa shape index (κ1) is 13.4. The van der Waals surface area contributed by atoms with Crippen molar-refractivity contribution in [3.05, 3.63) is 40.7 Å². The average molecular weight is 280 g/mol. The van der Waals surface area contributed by atoms with Gasteiger partial charge in [-0.25, -0.2) is 0 Å². The lowest BCUT2D eigenvalue weighted by molar-refractivity contribution is -0.115. The molecule has 0 bridgehead atoms. The van der Waals surface area contributed by atoms with Gasteiger partial charge in [0.05, 0.1) is 24.9 Å². The summed E-state index contributed by atoms with van der Waals surface area (Å²) in [6.07, 6.45) is 0.194. The minimum absolute atomic E-state index is 0.174. The first-order valence-electron chi connectivity index (χ1n) is 5.73. The molecule has 100 valence electrons. The monoisotopic (exact) mass is 279 g/mol. The highest BCUT2D eigenvalue weighted by molar-refractivity contribution is 6.31. The smallest absolute Gasteiger partial charge is 0.230 e. The number of H-pyrrole nitrogens is 1. The van der Waals surface area contributed by atoms with E-state index in [2.05, 4.69) is 15.5 Å². The van der Waals surface area contributed by atoms with E-state index in [-0.39, 0.29) is 12.3 Å². The van der Waals surface area contributed by atoms with Crippen LogP contribution in [0.4, 0.5) is 5.69 Å². The first-order chi connectivity index (χ1) is 9.08. The number of benzene rings is 1. The van der Waals surface area contributed by atoms with Crippen LogP contribution in [0.15, 0.2) is 24.3 Å². The Labute approximate surface area is 115 Å². The molecule has 5 nitrogen and oxygen atoms in total. The predicted molar refractivity (Wildman–Crippen MR) is 73.7 cm³/mol. The van der Waals surface area contributed by atoms with Gasteiger partial charge in [-0.1, -0.05) is 11.6 Å². The predicted octanol–water partition coefficient (Wildman–Crippen LogP) is 2.56. The normalized spacial score (nSPS) is 10.3. The Morgan fingerprint density at radius 3 is 2.89 bits per heavy atom. The Balaban J connectivity index is 2.08. The third-order valence-corrected chi connectivity index (χ3v) is 2.77. The number of nitrogens with zero attached hydrogens (tertiary/aromatic N) is 1. The summed E-state index contributed by atoms with van der Waals surface area (Å²) < 4.78 is 5.16. The molecule has 0 unspecified atom stereocenters. The van der Waals surface area contributed by atoms with Gasteiger partial charge in [0, 0.05) is 10.7 Å². The molecule has 0 radical (unpaired) electrons. The van der Waals surface area contributed by atoms with Crippen molar-refractivity contribution in [3.63, 3.8) is 0 Å². The maximum absolute atomic E-state index is 11.9. The highest BCUT2D eigenvalue weighted by atomic mass is 35.5. The number of amides is 1. The lowest BCUT2D eigenvalue weighted by Crippen LogP contribution is -2.15. The van der Waals surface area contributed by atoms with Crippen LogP contribution in [0.5, 0.6) is 5.75 Å². The standard InChI is InChI=1S/C13H14ClN3O2/c1-8-5-10(17-16-8)7-13(18)15-11-6-9(14)3-4-12(11)19-2/h3-6H,7H2,1-2H3,(H,15,18)(H,16,17). The number of ether oxygens (including phenoxy) is 1. The summed E-state index contributed by atoms with van der Waals surface area (Å²) in [5.74, 6) is 0.392. The molecule has 6 heteroatoms. The van der Waals surface area contributed by atoms with Crippen molar-refractivity contribution in [1.82, 2.24) is 10.2 Å². The number of aromatic nitrogens is 2. The van der Waals surface area contributed by atoms with Gasteiger partial charge in [0.25, 0.3) is 0 Å². The molecule has 0 spiro atoms. The van der Waals surface area contributed by atoms with Crippen molar-refractivity contribution in [3.8, 4) is 5.75 Å². The van der Waals surface area contributed by atoms with Gasteiger partial charge in [-0.2, -0.15) is 5.10 Å².